The van der Waals surface area contributed by atoms with Crippen LogP contribution in [0.3, 0.4) is 0 Å². The van der Waals surface area contributed by atoms with Crippen molar-refractivity contribution in [3.05, 3.63) is 23.8 Å². The molecule has 0 aromatic heterocycles. The Morgan fingerprint density at radius 1 is 1.00 bits per heavy atom. The van der Waals surface area contributed by atoms with Crippen molar-refractivity contribution in [3.8, 4) is 11.5 Å². The van der Waals surface area contributed by atoms with Crippen molar-refractivity contribution in [2.45, 2.75) is 38.1 Å². The lowest BCUT2D eigenvalue weighted by Gasteiger charge is -2.24. The van der Waals surface area contributed by atoms with Crippen LogP contribution < -0.4 is 15.2 Å². The number of nitrogens with two attached hydrogens (primary N) is 1. The van der Waals surface area contributed by atoms with Crippen molar-refractivity contribution in [2.24, 2.45) is 5.73 Å². The second-order valence-corrected chi connectivity index (χ2v) is 6.16. The lowest BCUT2D eigenvalue weighted by atomic mass is 10.1. The van der Waals surface area contributed by atoms with Gasteiger partial charge < -0.3 is 20.1 Å². The number of ether oxygens (including phenoxy) is 2. The number of hydrogen-bond donors (Lipinski definition) is 1. The van der Waals surface area contributed by atoms with Crippen molar-refractivity contribution < 1.29 is 9.47 Å². The Morgan fingerprint density at radius 3 is 2.48 bits per heavy atom. The van der Waals surface area contributed by atoms with Gasteiger partial charge in [-0.05, 0) is 50.0 Å². The van der Waals surface area contributed by atoms with E-state index in [1.807, 2.05) is 6.07 Å². The molecular weight excluding hydrogens is 264 g/mol. The Hall–Kier alpha value is -1.26. The van der Waals surface area contributed by atoms with Crippen molar-refractivity contribution in [3.63, 3.8) is 0 Å². The summed E-state index contributed by atoms with van der Waals surface area (Å²) in [6.07, 6.45) is 6.27. The van der Waals surface area contributed by atoms with E-state index in [4.69, 9.17) is 15.2 Å². The first kappa shape index (κ1) is 14.7. The molecule has 0 amide bonds. The predicted molar refractivity (Wildman–Crippen MR) is 84.0 cm³/mol. The maximum Gasteiger partial charge on any atom is 0.161 e. The van der Waals surface area contributed by atoms with Crippen molar-refractivity contribution in [1.82, 2.24) is 4.90 Å². The fourth-order valence-corrected chi connectivity index (χ4v) is 3.23. The molecule has 0 radical (unpaired) electrons. The summed E-state index contributed by atoms with van der Waals surface area (Å²) < 4.78 is 11.2. The summed E-state index contributed by atoms with van der Waals surface area (Å²) in [4.78, 5) is 2.52. The summed E-state index contributed by atoms with van der Waals surface area (Å²) in [6.45, 7) is 4.68. The minimum Gasteiger partial charge on any atom is -0.486 e. The molecule has 2 aliphatic heterocycles. The molecule has 4 heteroatoms. The molecule has 0 spiro atoms. The molecule has 1 unspecified atom stereocenters. The zero-order valence-electron chi connectivity index (χ0n) is 12.7. The molecule has 3 rings (SSSR count). The molecule has 4 nitrogen and oxygen atoms in total. The van der Waals surface area contributed by atoms with Crippen LogP contribution in [0.15, 0.2) is 18.2 Å². The lowest BCUT2D eigenvalue weighted by Crippen LogP contribution is -2.39. The smallest absolute Gasteiger partial charge is 0.161 e. The van der Waals surface area contributed by atoms with E-state index in [2.05, 4.69) is 17.0 Å². The fraction of sp³-hybridized carbons (Fsp3) is 0.647. The summed E-state index contributed by atoms with van der Waals surface area (Å²) in [7, 11) is 0. The van der Waals surface area contributed by atoms with Gasteiger partial charge in [0.1, 0.15) is 13.2 Å². The van der Waals surface area contributed by atoms with Crippen LogP contribution in [0.2, 0.25) is 0 Å². The second kappa shape index (κ2) is 7.14. The highest BCUT2D eigenvalue weighted by Crippen LogP contribution is 2.31. The monoisotopic (exact) mass is 290 g/mol. The van der Waals surface area contributed by atoms with E-state index in [0.717, 1.165) is 24.5 Å². The molecule has 1 atom stereocenters. The molecule has 1 saturated heterocycles. The Balaban J connectivity index is 1.55. The van der Waals surface area contributed by atoms with Crippen LogP contribution in [-0.4, -0.2) is 43.8 Å². The van der Waals surface area contributed by atoms with Crippen LogP contribution >= 0.6 is 0 Å². The minimum atomic E-state index is 0.186. The Kier molecular flexibility index (Phi) is 4.99. The van der Waals surface area contributed by atoms with Crippen molar-refractivity contribution in [2.75, 3.05) is 32.8 Å². The van der Waals surface area contributed by atoms with Gasteiger partial charge in [-0.25, -0.2) is 0 Å². The Morgan fingerprint density at radius 2 is 1.71 bits per heavy atom. The van der Waals surface area contributed by atoms with E-state index in [0.29, 0.717) is 13.2 Å². The van der Waals surface area contributed by atoms with Gasteiger partial charge in [-0.3, -0.25) is 0 Å². The van der Waals surface area contributed by atoms with Crippen molar-refractivity contribution in [1.29, 1.82) is 0 Å². The number of likely N-dealkylation sites (tertiary alicyclic amines) is 1. The van der Waals surface area contributed by atoms with E-state index < -0.39 is 0 Å². The third kappa shape index (κ3) is 4.11. The van der Waals surface area contributed by atoms with Gasteiger partial charge >= 0.3 is 0 Å². The third-order valence-electron chi connectivity index (χ3n) is 4.30. The van der Waals surface area contributed by atoms with Crippen molar-refractivity contribution >= 4 is 0 Å². The molecule has 2 aliphatic rings. The van der Waals surface area contributed by atoms with Crippen LogP contribution in [0.25, 0.3) is 0 Å². The summed E-state index contributed by atoms with van der Waals surface area (Å²) >= 11 is 0. The van der Waals surface area contributed by atoms with Gasteiger partial charge in [0, 0.05) is 12.6 Å². The van der Waals surface area contributed by atoms with E-state index in [1.165, 1.54) is 44.3 Å². The standard InChI is InChI=1S/C17H26N2O2/c18-15(13-19-7-3-1-2-4-8-19)11-14-5-6-16-17(12-14)21-10-9-20-16/h5-6,12,15H,1-4,7-11,13,18H2. The first-order valence-corrected chi connectivity index (χ1v) is 8.18. The number of fused-ring (bicyclic) bond motifs is 1. The first-order chi connectivity index (χ1) is 10.3. The molecule has 0 aliphatic carbocycles. The minimum absolute atomic E-state index is 0.186. The largest absolute Gasteiger partial charge is 0.486 e. The average molecular weight is 290 g/mol. The van der Waals surface area contributed by atoms with E-state index in [1.54, 1.807) is 0 Å². The first-order valence-electron chi connectivity index (χ1n) is 8.18. The molecule has 0 saturated carbocycles. The molecular formula is C17H26N2O2. The normalized spacial score (nSPS) is 20.8. The van der Waals surface area contributed by atoms with E-state index >= 15 is 0 Å². The summed E-state index contributed by atoms with van der Waals surface area (Å²) in [5.41, 5.74) is 7.59. The van der Waals surface area contributed by atoms with Crippen LogP contribution in [0, 0.1) is 0 Å². The quantitative estimate of drug-likeness (QED) is 0.923. The Bertz CT molecular complexity index is 456. The van der Waals surface area contributed by atoms with Crippen LogP contribution in [0.4, 0.5) is 0 Å². The number of rotatable bonds is 4. The van der Waals surface area contributed by atoms with Gasteiger partial charge in [-0.1, -0.05) is 18.9 Å². The van der Waals surface area contributed by atoms with Gasteiger partial charge in [0.05, 0.1) is 0 Å². The summed E-state index contributed by atoms with van der Waals surface area (Å²) in [5.74, 6) is 1.71. The molecule has 21 heavy (non-hydrogen) atoms. The van der Waals surface area contributed by atoms with E-state index in [9.17, 15) is 0 Å². The molecule has 2 N–H and O–H groups in total. The van der Waals surface area contributed by atoms with E-state index in [-0.39, 0.29) is 6.04 Å². The number of benzene rings is 1. The van der Waals surface area contributed by atoms with Crippen LogP contribution in [0.5, 0.6) is 11.5 Å². The fourth-order valence-electron chi connectivity index (χ4n) is 3.23. The zero-order chi connectivity index (χ0) is 14.5. The van der Waals surface area contributed by atoms with Gasteiger partial charge in [-0.15, -0.1) is 0 Å². The topological polar surface area (TPSA) is 47.7 Å². The molecule has 0 bridgehead atoms. The molecule has 2 heterocycles. The maximum absolute atomic E-state index is 6.35. The highest BCUT2D eigenvalue weighted by molar-refractivity contribution is 5.44. The second-order valence-electron chi connectivity index (χ2n) is 6.16. The molecule has 1 aromatic rings. The van der Waals surface area contributed by atoms with Gasteiger partial charge in [0.25, 0.3) is 0 Å². The maximum atomic E-state index is 6.35. The van der Waals surface area contributed by atoms with Gasteiger partial charge in [0.15, 0.2) is 11.5 Å². The Labute approximate surface area is 127 Å². The lowest BCUT2D eigenvalue weighted by molar-refractivity contribution is 0.171. The molecule has 1 aromatic carbocycles. The number of nitrogens with zero attached hydrogens (tertiary/aromatic N) is 1. The highest BCUT2D eigenvalue weighted by atomic mass is 16.6. The summed E-state index contributed by atoms with van der Waals surface area (Å²) in [5, 5.41) is 0. The van der Waals surface area contributed by atoms with Crippen LogP contribution in [0.1, 0.15) is 31.2 Å². The average Bonchev–Trinajstić information content (AvgIpc) is 2.75. The highest BCUT2D eigenvalue weighted by Gasteiger charge is 2.15. The van der Waals surface area contributed by atoms with Gasteiger partial charge in [0.2, 0.25) is 0 Å². The van der Waals surface area contributed by atoms with Crippen LogP contribution in [-0.2, 0) is 6.42 Å². The molecule has 116 valence electrons. The predicted octanol–water partition coefficient (Wildman–Crippen LogP) is 2.20. The SMILES string of the molecule is NC(Cc1ccc2c(c1)OCCO2)CN1CCCCCC1. The summed E-state index contributed by atoms with van der Waals surface area (Å²) in [6, 6.07) is 6.38. The molecule has 1 fully saturated rings. The third-order valence-corrected chi connectivity index (χ3v) is 4.30. The zero-order valence-corrected chi connectivity index (χ0v) is 12.7. The number of hydrogen-bond acceptors (Lipinski definition) is 4. The van der Waals surface area contributed by atoms with Gasteiger partial charge in [-0.2, -0.15) is 0 Å².